The molecule has 4 amide bonds. The fourth-order valence-electron chi connectivity index (χ4n) is 0. The zero-order valence-electron chi connectivity index (χ0n) is 5.74. The summed E-state index contributed by atoms with van der Waals surface area (Å²) in [6, 6.07) is -1.67. The summed E-state index contributed by atoms with van der Waals surface area (Å²) in [6.07, 6.45) is 0. The Hall–Kier alpha value is -1.83. The minimum atomic E-state index is -0.833. The first-order valence-corrected chi connectivity index (χ1v) is 1.85. The molecule has 0 fully saturated rings. The van der Waals surface area contributed by atoms with Gasteiger partial charge in [-0.1, -0.05) is 0 Å². The van der Waals surface area contributed by atoms with Gasteiger partial charge in [-0.15, -0.1) is 0 Å². The average Bonchev–Trinajstić information content (AvgIpc) is 1.66. The highest BCUT2D eigenvalue weighted by atomic mass is 16.2. The molecule has 0 heterocycles. The summed E-state index contributed by atoms with van der Waals surface area (Å²) in [6.45, 7) is 2.00. The van der Waals surface area contributed by atoms with Crippen molar-refractivity contribution in [3.05, 3.63) is 0 Å². The number of carbonyl (C=O) groups is 3. The van der Waals surface area contributed by atoms with E-state index in [9.17, 15) is 0 Å². The molecule has 11 heavy (non-hydrogen) atoms. The van der Waals surface area contributed by atoms with Crippen LogP contribution in [-0.2, 0) is 4.79 Å². The molecule has 0 unspecified atom stereocenters. The highest BCUT2D eigenvalue weighted by molar-refractivity contribution is 5.69. The van der Waals surface area contributed by atoms with Crippen molar-refractivity contribution in [3.8, 4) is 0 Å². The van der Waals surface area contributed by atoms with E-state index in [2.05, 4.69) is 22.9 Å². The van der Waals surface area contributed by atoms with Gasteiger partial charge in [-0.05, 0) is 0 Å². The van der Waals surface area contributed by atoms with Crippen LogP contribution < -0.4 is 22.9 Å². The van der Waals surface area contributed by atoms with Gasteiger partial charge in [0.2, 0.25) is 0 Å². The lowest BCUT2D eigenvalue weighted by Crippen LogP contribution is -2.18. The molecule has 0 spiro atoms. The molecule has 0 saturated heterocycles. The fourth-order valence-corrected chi connectivity index (χ4v) is 0. The number of hydrogen-bond donors (Lipinski definition) is 4. The minimum absolute atomic E-state index is 0. The van der Waals surface area contributed by atoms with Crippen molar-refractivity contribution in [2.75, 3.05) is 0 Å². The van der Waals surface area contributed by atoms with Gasteiger partial charge in [-0.2, -0.15) is 0 Å². The first kappa shape index (κ1) is 22.9. The molecule has 68 valence electrons. The lowest BCUT2D eigenvalue weighted by Gasteiger charge is -1.62. The molecule has 0 aromatic carbocycles. The van der Waals surface area contributed by atoms with Gasteiger partial charge in [-0.3, -0.25) is 0 Å². The topological polar surface area (TPSA) is 187 Å². The van der Waals surface area contributed by atoms with Crippen molar-refractivity contribution in [1.29, 1.82) is 0 Å². The summed E-state index contributed by atoms with van der Waals surface area (Å²) in [5.74, 6) is 0. The van der Waals surface area contributed by atoms with Crippen LogP contribution in [0.1, 0.15) is 0 Å². The first-order valence-electron chi connectivity index (χ1n) is 1.85. The Balaban J connectivity index is -0.0000000339. The van der Waals surface area contributed by atoms with Crippen molar-refractivity contribution in [2.45, 2.75) is 0 Å². The van der Waals surface area contributed by atoms with Crippen LogP contribution in [0, 0.1) is 0 Å². The lowest BCUT2D eigenvalue weighted by molar-refractivity contribution is -0.0980. The van der Waals surface area contributed by atoms with E-state index in [1.165, 1.54) is 0 Å². The van der Waals surface area contributed by atoms with E-state index in [0.717, 1.165) is 0 Å². The monoisotopic (exact) mass is 168 g/mol. The van der Waals surface area contributed by atoms with Crippen LogP contribution in [0.3, 0.4) is 0 Å². The predicted molar refractivity (Wildman–Crippen MR) is 38.3 cm³/mol. The normalized spacial score (nSPS) is 4.73. The molecule has 10 N–H and O–H groups in total. The zero-order chi connectivity index (χ0) is 9.15. The molecule has 0 aliphatic carbocycles. The van der Waals surface area contributed by atoms with Gasteiger partial charge in [0, 0.05) is 0 Å². The van der Waals surface area contributed by atoms with Crippen LogP contribution in [0.2, 0.25) is 0 Å². The molecule has 0 aliphatic rings. The number of rotatable bonds is 0. The predicted octanol–water partition coefficient (Wildman–Crippen LogP) is -2.96. The number of amides is 4. The average molecular weight is 168 g/mol. The standard InChI is InChI=1S/2CH4N2O.CH2O.H2O/c2*2-1(3)4;1-2;/h2*(H4,2,3,4);1H2;1H2. The number of nitrogens with two attached hydrogens (primary N) is 4. The second kappa shape index (κ2) is 24.2. The van der Waals surface area contributed by atoms with Crippen molar-refractivity contribution < 1.29 is 19.9 Å². The Morgan fingerprint density at radius 2 is 0.818 bits per heavy atom. The molecule has 0 rings (SSSR count). The first-order chi connectivity index (χ1) is 4.46. The summed E-state index contributed by atoms with van der Waals surface area (Å²) >= 11 is 0. The summed E-state index contributed by atoms with van der Waals surface area (Å²) in [5, 5.41) is 0. The van der Waals surface area contributed by atoms with Crippen molar-refractivity contribution >= 4 is 18.9 Å². The Morgan fingerprint density at radius 3 is 0.818 bits per heavy atom. The summed E-state index contributed by atoms with van der Waals surface area (Å²) < 4.78 is 0. The molecule has 0 atom stereocenters. The maximum absolute atomic E-state index is 9.00. The number of urea groups is 2. The zero-order valence-corrected chi connectivity index (χ0v) is 5.74. The van der Waals surface area contributed by atoms with E-state index in [4.69, 9.17) is 14.4 Å². The molecule has 8 nitrogen and oxygen atoms in total. The Morgan fingerprint density at radius 1 is 0.818 bits per heavy atom. The minimum Gasteiger partial charge on any atom is -0.412 e. The van der Waals surface area contributed by atoms with E-state index in [0.29, 0.717) is 0 Å². The fraction of sp³-hybridized carbons (Fsp3) is 0. The molecular weight excluding hydrogens is 156 g/mol. The Bertz CT molecular complexity index is 85.5. The van der Waals surface area contributed by atoms with Crippen LogP contribution in [-0.4, -0.2) is 24.3 Å². The quantitative estimate of drug-likeness (QED) is 0.301. The van der Waals surface area contributed by atoms with Gasteiger partial charge in [0.05, 0.1) is 0 Å². The largest absolute Gasteiger partial charge is 0.412 e. The van der Waals surface area contributed by atoms with E-state index in [1.807, 2.05) is 6.79 Å². The lowest BCUT2D eigenvalue weighted by atomic mass is 11.2. The molecule has 0 bridgehead atoms. The Kier molecular flexibility index (Phi) is 50.3. The smallest absolute Gasteiger partial charge is 0.309 e. The molecular formula is C3H12N4O4. The van der Waals surface area contributed by atoms with Gasteiger partial charge in [0.15, 0.2) is 0 Å². The van der Waals surface area contributed by atoms with Crippen LogP contribution in [0.4, 0.5) is 9.59 Å². The second-order valence-corrected chi connectivity index (χ2v) is 0.805. The van der Waals surface area contributed by atoms with Gasteiger partial charge < -0.3 is 33.2 Å². The second-order valence-electron chi connectivity index (χ2n) is 0.805. The summed E-state index contributed by atoms with van der Waals surface area (Å²) in [7, 11) is 0. The third kappa shape index (κ3) is 92.9. The molecule has 0 aromatic rings. The van der Waals surface area contributed by atoms with Crippen molar-refractivity contribution in [2.24, 2.45) is 22.9 Å². The SMILES string of the molecule is C=O.NC(N)=O.NC(N)=O.O. The summed E-state index contributed by atoms with van der Waals surface area (Å²) in [4.78, 5) is 26.0. The third-order valence-corrected chi connectivity index (χ3v) is 0. The van der Waals surface area contributed by atoms with Gasteiger partial charge in [0.25, 0.3) is 0 Å². The van der Waals surface area contributed by atoms with Crippen molar-refractivity contribution in [3.63, 3.8) is 0 Å². The van der Waals surface area contributed by atoms with E-state index in [1.54, 1.807) is 0 Å². The van der Waals surface area contributed by atoms with Gasteiger partial charge in [-0.25, -0.2) is 9.59 Å². The number of primary amides is 4. The Labute approximate surface area is 62.8 Å². The highest BCUT2D eigenvalue weighted by Crippen LogP contribution is 1.26. The van der Waals surface area contributed by atoms with Gasteiger partial charge in [0.1, 0.15) is 6.79 Å². The van der Waals surface area contributed by atoms with E-state index >= 15 is 0 Å². The molecule has 0 aliphatic heterocycles. The highest BCUT2D eigenvalue weighted by Gasteiger charge is 1.61. The van der Waals surface area contributed by atoms with Gasteiger partial charge >= 0.3 is 12.1 Å². The molecule has 0 aromatic heterocycles. The molecule has 8 heteroatoms. The summed E-state index contributed by atoms with van der Waals surface area (Å²) in [5.41, 5.74) is 17.0. The maximum Gasteiger partial charge on any atom is 0.309 e. The molecule has 0 radical (unpaired) electrons. The van der Waals surface area contributed by atoms with E-state index in [-0.39, 0.29) is 5.48 Å². The van der Waals surface area contributed by atoms with Crippen LogP contribution in [0.5, 0.6) is 0 Å². The van der Waals surface area contributed by atoms with Crippen LogP contribution >= 0.6 is 0 Å². The number of carbonyl (C=O) groups excluding carboxylic acids is 3. The third-order valence-electron chi connectivity index (χ3n) is 0. The number of hydrogen-bond acceptors (Lipinski definition) is 3. The van der Waals surface area contributed by atoms with Crippen molar-refractivity contribution in [1.82, 2.24) is 0 Å². The van der Waals surface area contributed by atoms with Crippen LogP contribution in [0.15, 0.2) is 0 Å². The maximum atomic E-state index is 9.00. The molecule has 0 saturated carbocycles. The van der Waals surface area contributed by atoms with Crippen LogP contribution in [0.25, 0.3) is 0 Å². The van der Waals surface area contributed by atoms with E-state index < -0.39 is 12.1 Å².